The van der Waals surface area contributed by atoms with Crippen LogP contribution < -0.4 is 0 Å². The Morgan fingerprint density at radius 2 is 2.00 bits per heavy atom. The van der Waals surface area contributed by atoms with Gasteiger partial charge in [0.05, 0.1) is 13.2 Å². The van der Waals surface area contributed by atoms with Gasteiger partial charge in [-0.1, -0.05) is 24.3 Å². The van der Waals surface area contributed by atoms with Crippen molar-refractivity contribution in [3.8, 4) is 5.69 Å². The van der Waals surface area contributed by atoms with Gasteiger partial charge in [0.2, 0.25) is 0 Å². The van der Waals surface area contributed by atoms with Crippen LogP contribution in [0.2, 0.25) is 0 Å². The highest BCUT2D eigenvalue weighted by molar-refractivity contribution is 5.36. The number of rotatable bonds is 6. The van der Waals surface area contributed by atoms with Gasteiger partial charge in [0, 0.05) is 30.0 Å². The first-order valence-corrected chi connectivity index (χ1v) is 10.2. The third kappa shape index (κ3) is 4.57. The molecule has 0 aliphatic carbocycles. The van der Waals surface area contributed by atoms with Gasteiger partial charge in [-0.15, -0.1) is 0 Å². The van der Waals surface area contributed by atoms with Crippen LogP contribution in [0.4, 0.5) is 4.39 Å². The van der Waals surface area contributed by atoms with E-state index >= 15 is 0 Å². The van der Waals surface area contributed by atoms with E-state index in [1.807, 2.05) is 24.5 Å². The van der Waals surface area contributed by atoms with Gasteiger partial charge in [0.1, 0.15) is 11.6 Å². The molecule has 0 spiro atoms. The van der Waals surface area contributed by atoms with E-state index < -0.39 is 0 Å². The van der Waals surface area contributed by atoms with Crippen LogP contribution in [-0.2, 0) is 13.0 Å². The lowest BCUT2D eigenvalue weighted by Gasteiger charge is -2.42. The summed E-state index contributed by atoms with van der Waals surface area (Å²) >= 11 is 0. The average Bonchev–Trinajstić information content (AvgIpc) is 3.18. The van der Waals surface area contributed by atoms with Crippen molar-refractivity contribution in [3.63, 3.8) is 0 Å². The van der Waals surface area contributed by atoms with E-state index in [0.717, 1.165) is 56.0 Å². The Kier molecular flexibility index (Phi) is 5.79. The molecule has 5 heteroatoms. The molecule has 0 bridgehead atoms. The quantitative estimate of drug-likeness (QED) is 0.684. The Hall–Kier alpha value is -2.50. The Morgan fingerprint density at radius 3 is 2.76 bits per heavy atom. The van der Waals surface area contributed by atoms with Crippen molar-refractivity contribution < 1.29 is 9.50 Å². The first kappa shape index (κ1) is 19.8. The SMILES string of the molecule is Cc1cccc(-n2ccnc2CN2CCCC(CO)(Cc3ccc(F)cc3)C2)c1. The second-order valence-corrected chi connectivity index (χ2v) is 8.33. The molecule has 1 aromatic heterocycles. The smallest absolute Gasteiger partial charge is 0.127 e. The molecule has 1 aliphatic rings. The van der Waals surface area contributed by atoms with Crippen molar-refractivity contribution in [1.82, 2.24) is 14.5 Å². The number of nitrogens with zero attached hydrogens (tertiary/aromatic N) is 3. The number of aryl methyl sites for hydroxylation is 1. The minimum absolute atomic E-state index is 0.132. The van der Waals surface area contributed by atoms with Crippen molar-refractivity contribution >= 4 is 0 Å². The summed E-state index contributed by atoms with van der Waals surface area (Å²) in [5.41, 5.74) is 3.22. The zero-order valence-corrected chi connectivity index (χ0v) is 16.9. The van der Waals surface area contributed by atoms with E-state index in [4.69, 9.17) is 0 Å². The van der Waals surface area contributed by atoms with Crippen molar-refractivity contribution in [2.45, 2.75) is 32.7 Å². The molecule has 29 heavy (non-hydrogen) atoms. The molecule has 0 amide bonds. The second-order valence-electron chi connectivity index (χ2n) is 8.33. The molecule has 1 saturated heterocycles. The molecule has 4 rings (SSSR count). The highest BCUT2D eigenvalue weighted by Crippen LogP contribution is 2.34. The summed E-state index contributed by atoms with van der Waals surface area (Å²) in [6.45, 7) is 4.77. The fraction of sp³-hybridized carbons (Fsp3) is 0.375. The number of imidazole rings is 1. The van der Waals surface area contributed by atoms with Crippen LogP contribution in [0.25, 0.3) is 5.69 Å². The zero-order chi connectivity index (χ0) is 20.3. The van der Waals surface area contributed by atoms with Crippen LogP contribution in [0.5, 0.6) is 0 Å². The Labute approximate surface area is 171 Å². The van der Waals surface area contributed by atoms with Crippen LogP contribution >= 0.6 is 0 Å². The largest absolute Gasteiger partial charge is 0.396 e. The number of halogens is 1. The molecule has 4 nitrogen and oxygen atoms in total. The summed E-state index contributed by atoms with van der Waals surface area (Å²) < 4.78 is 15.4. The summed E-state index contributed by atoms with van der Waals surface area (Å²) in [5, 5.41) is 10.2. The fourth-order valence-corrected chi connectivity index (χ4v) is 4.47. The summed E-state index contributed by atoms with van der Waals surface area (Å²) in [6.07, 6.45) is 6.62. The topological polar surface area (TPSA) is 41.3 Å². The molecule has 152 valence electrons. The van der Waals surface area contributed by atoms with Gasteiger partial charge in [-0.05, 0) is 68.1 Å². The predicted octanol–water partition coefficient (Wildman–Crippen LogP) is 4.14. The fourth-order valence-electron chi connectivity index (χ4n) is 4.47. The normalized spacial score (nSPS) is 20.1. The summed E-state index contributed by atoms with van der Waals surface area (Å²) in [5.74, 6) is 0.783. The van der Waals surface area contributed by atoms with Gasteiger partial charge in [-0.3, -0.25) is 4.90 Å². The summed E-state index contributed by atoms with van der Waals surface area (Å²) in [4.78, 5) is 6.99. The third-order valence-electron chi connectivity index (χ3n) is 5.93. The lowest BCUT2D eigenvalue weighted by atomic mass is 9.75. The Balaban J connectivity index is 1.50. The second kappa shape index (κ2) is 8.47. The van der Waals surface area contributed by atoms with E-state index in [9.17, 15) is 9.50 Å². The van der Waals surface area contributed by atoms with Crippen LogP contribution in [0.1, 0.15) is 29.8 Å². The number of piperidine rings is 1. The lowest BCUT2D eigenvalue weighted by Crippen LogP contribution is -2.46. The number of aliphatic hydroxyl groups is 1. The van der Waals surface area contributed by atoms with Crippen LogP contribution in [0, 0.1) is 18.2 Å². The van der Waals surface area contributed by atoms with E-state index in [1.54, 1.807) is 0 Å². The summed E-state index contributed by atoms with van der Waals surface area (Å²) in [6, 6.07) is 15.1. The number of likely N-dealkylation sites (tertiary alicyclic amines) is 1. The maximum atomic E-state index is 13.3. The average molecular weight is 394 g/mol. The standard InChI is InChI=1S/C24H28FN3O/c1-19-4-2-5-22(14-19)28-13-11-26-23(28)16-27-12-3-10-24(17-27,18-29)15-20-6-8-21(25)9-7-20/h2,4-9,11,13-14,29H,3,10,12,15-18H2,1H3. The minimum Gasteiger partial charge on any atom is -0.396 e. The van der Waals surface area contributed by atoms with Crippen molar-refractivity contribution in [2.24, 2.45) is 5.41 Å². The Bertz CT molecular complexity index is 953. The highest BCUT2D eigenvalue weighted by atomic mass is 19.1. The molecule has 2 aromatic carbocycles. The number of hydrogen-bond acceptors (Lipinski definition) is 3. The maximum Gasteiger partial charge on any atom is 0.127 e. The molecule has 0 saturated carbocycles. The van der Waals surface area contributed by atoms with E-state index in [1.165, 1.54) is 17.7 Å². The monoisotopic (exact) mass is 393 g/mol. The van der Waals surface area contributed by atoms with Crippen LogP contribution in [0.3, 0.4) is 0 Å². The van der Waals surface area contributed by atoms with Gasteiger partial charge >= 0.3 is 0 Å². The van der Waals surface area contributed by atoms with Gasteiger partial charge < -0.3 is 9.67 Å². The van der Waals surface area contributed by atoms with Gasteiger partial charge in [0.15, 0.2) is 0 Å². The molecule has 1 atom stereocenters. The maximum absolute atomic E-state index is 13.3. The van der Waals surface area contributed by atoms with Gasteiger partial charge in [-0.2, -0.15) is 0 Å². The zero-order valence-electron chi connectivity index (χ0n) is 16.9. The number of benzene rings is 2. The highest BCUT2D eigenvalue weighted by Gasteiger charge is 2.35. The minimum atomic E-state index is -0.222. The molecule has 1 aliphatic heterocycles. The molecular formula is C24H28FN3O. The van der Waals surface area contributed by atoms with Gasteiger partial charge in [0.25, 0.3) is 0 Å². The summed E-state index contributed by atoms with van der Waals surface area (Å²) in [7, 11) is 0. The Morgan fingerprint density at radius 1 is 1.17 bits per heavy atom. The van der Waals surface area contributed by atoms with E-state index in [2.05, 4.69) is 45.6 Å². The van der Waals surface area contributed by atoms with Crippen molar-refractivity contribution in [1.29, 1.82) is 0 Å². The number of aliphatic hydroxyl groups excluding tert-OH is 1. The molecule has 2 heterocycles. The molecule has 1 unspecified atom stereocenters. The lowest BCUT2D eigenvalue weighted by molar-refractivity contribution is 0.0276. The number of aromatic nitrogens is 2. The van der Waals surface area contributed by atoms with Crippen LogP contribution in [0.15, 0.2) is 60.9 Å². The van der Waals surface area contributed by atoms with E-state index in [0.29, 0.717) is 0 Å². The molecule has 1 N–H and O–H groups in total. The molecule has 3 aromatic rings. The first-order valence-electron chi connectivity index (χ1n) is 10.2. The predicted molar refractivity (Wildman–Crippen MR) is 112 cm³/mol. The van der Waals surface area contributed by atoms with Crippen molar-refractivity contribution in [2.75, 3.05) is 19.7 Å². The van der Waals surface area contributed by atoms with E-state index in [-0.39, 0.29) is 17.8 Å². The van der Waals surface area contributed by atoms with Gasteiger partial charge in [-0.25, -0.2) is 9.37 Å². The first-order chi connectivity index (χ1) is 14.1. The number of hydrogen-bond donors (Lipinski definition) is 1. The molecule has 1 fully saturated rings. The van der Waals surface area contributed by atoms with Crippen LogP contribution in [-0.4, -0.2) is 39.3 Å². The molecular weight excluding hydrogens is 365 g/mol. The molecule has 0 radical (unpaired) electrons. The van der Waals surface area contributed by atoms with Crippen molar-refractivity contribution in [3.05, 3.63) is 83.7 Å². The third-order valence-corrected chi connectivity index (χ3v) is 5.93.